The van der Waals surface area contributed by atoms with E-state index in [9.17, 15) is 13.2 Å². The molecule has 0 saturated heterocycles. The highest BCUT2D eigenvalue weighted by molar-refractivity contribution is 7.13. The third-order valence-corrected chi connectivity index (χ3v) is 5.82. The Bertz CT molecular complexity index is 1390. The van der Waals surface area contributed by atoms with Crippen molar-refractivity contribution in [1.82, 2.24) is 19.6 Å². The van der Waals surface area contributed by atoms with Gasteiger partial charge in [0.05, 0.1) is 17.0 Å². The van der Waals surface area contributed by atoms with Gasteiger partial charge in [-0.3, -0.25) is 0 Å². The fourth-order valence-corrected chi connectivity index (χ4v) is 4.13. The summed E-state index contributed by atoms with van der Waals surface area (Å²) in [6.07, 6.45) is -2.87. The second-order valence-electron chi connectivity index (χ2n) is 6.75. The average molecular weight is 457 g/mol. The summed E-state index contributed by atoms with van der Waals surface area (Å²) in [6.45, 7) is 0. The zero-order chi connectivity index (χ0) is 21.6. The fourth-order valence-electron chi connectivity index (χ4n) is 3.22. The number of hydrogen-bond acceptors (Lipinski definition) is 4. The number of hydrogen-bond donors (Lipinski definition) is 0. The molecule has 0 unspecified atom stereocenters. The Morgan fingerprint density at radius 2 is 1.71 bits per heavy atom. The summed E-state index contributed by atoms with van der Waals surface area (Å²) in [5.41, 5.74) is 3.04. The molecule has 5 aromatic rings. The van der Waals surface area contributed by atoms with Gasteiger partial charge in [0.1, 0.15) is 10.7 Å². The number of benzene rings is 2. The summed E-state index contributed by atoms with van der Waals surface area (Å²) in [7, 11) is 0. The second kappa shape index (κ2) is 7.47. The minimum Gasteiger partial charge on any atom is -0.237 e. The Morgan fingerprint density at radius 3 is 2.48 bits per heavy atom. The SMILES string of the molecule is FC(F)(F)c1cccc(-c2ccnc3cc(-c4nc(-c5ccc(Cl)cc5)cs4)nn23)c1. The van der Waals surface area contributed by atoms with Crippen molar-refractivity contribution in [3.63, 3.8) is 0 Å². The van der Waals surface area contributed by atoms with Gasteiger partial charge in [-0.15, -0.1) is 11.3 Å². The zero-order valence-corrected chi connectivity index (χ0v) is 17.2. The number of alkyl halides is 3. The van der Waals surface area contributed by atoms with Crippen LogP contribution in [-0.4, -0.2) is 19.6 Å². The minimum absolute atomic E-state index is 0.401. The topological polar surface area (TPSA) is 43.1 Å². The zero-order valence-electron chi connectivity index (χ0n) is 15.6. The van der Waals surface area contributed by atoms with E-state index >= 15 is 0 Å². The Hall–Kier alpha value is -3.23. The quantitative estimate of drug-likeness (QED) is 0.298. The largest absolute Gasteiger partial charge is 0.416 e. The molecule has 3 aromatic heterocycles. The van der Waals surface area contributed by atoms with Crippen LogP contribution in [0.5, 0.6) is 0 Å². The van der Waals surface area contributed by atoms with E-state index in [0.29, 0.717) is 32.6 Å². The number of fused-ring (bicyclic) bond motifs is 1. The van der Waals surface area contributed by atoms with Gasteiger partial charge in [0, 0.05) is 33.8 Å². The first kappa shape index (κ1) is 19.7. The van der Waals surface area contributed by atoms with Crippen molar-refractivity contribution in [3.05, 3.63) is 82.8 Å². The van der Waals surface area contributed by atoms with Gasteiger partial charge in [-0.25, -0.2) is 14.5 Å². The summed E-state index contributed by atoms with van der Waals surface area (Å²) < 4.78 is 41.0. The van der Waals surface area contributed by atoms with Crippen LogP contribution < -0.4 is 0 Å². The molecule has 0 bridgehead atoms. The molecule has 0 spiro atoms. The van der Waals surface area contributed by atoms with E-state index in [4.69, 9.17) is 11.6 Å². The van der Waals surface area contributed by atoms with Crippen LogP contribution >= 0.6 is 22.9 Å². The van der Waals surface area contributed by atoms with Gasteiger partial charge in [-0.05, 0) is 30.3 Å². The molecule has 9 heteroatoms. The summed E-state index contributed by atoms with van der Waals surface area (Å²) >= 11 is 7.37. The predicted octanol–water partition coefficient (Wildman–Crippen LogP) is 6.86. The Labute approximate surface area is 183 Å². The maximum Gasteiger partial charge on any atom is 0.416 e. The molecule has 154 valence electrons. The molecule has 0 atom stereocenters. The lowest BCUT2D eigenvalue weighted by Crippen LogP contribution is -2.05. The van der Waals surface area contributed by atoms with Crippen molar-refractivity contribution in [1.29, 1.82) is 0 Å². The Balaban J connectivity index is 1.56. The molecule has 3 heterocycles. The number of halogens is 4. The van der Waals surface area contributed by atoms with Gasteiger partial charge < -0.3 is 0 Å². The second-order valence-corrected chi connectivity index (χ2v) is 8.05. The molecule has 0 amide bonds. The van der Waals surface area contributed by atoms with E-state index in [2.05, 4.69) is 15.1 Å². The third kappa shape index (κ3) is 3.80. The molecule has 31 heavy (non-hydrogen) atoms. The van der Waals surface area contributed by atoms with Gasteiger partial charge in [0.25, 0.3) is 0 Å². The first-order chi connectivity index (χ1) is 14.9. The highest BCUT2D eigenvalue weighted by Gasteiger charge is 2.30. The molecule has 5 rings (SSSR count). The molecule has 0 aliphatic rings. The van der Waals surface area contributed by atoms with Crippen molar-refractivity contribution >= 4 is 28.6 Å². The Morgan fingerprint density at radius 1 is 0.903 bits per heavy atom. The standard InChI is InChI=1S/C22H12ClF3N4S/c23-16-6-4-13(5-7-16)18-12-31-21(28-18)17-11-20-27-9-8-19(30(20)29-17)14-2-1-3-15(10-14)22(24,25)26/h1-12H. The number of rotatable bonds is 3. The minimum atomic E-state index is -4.42. The Kier molecular flexibility index (Phi) is 4.75. The highest BCUT2D eigenvalue weighted by atomic mass is 35.5. The molecule has 0 fully saturated rings. The van der Waals surface area contributed by atoms with Gasteiger partial charge in [-0.2, -0.15) is 18.3 Å². The average Bonchev–Trinajstić information content (AvgIpc) is 3.41. The van der Waals surface area contributed by atoms with E-state index in [0.717, 1.165) is 23.4 Å². The first-order valence-corrected chi connectivity index (χ1v) is 10.4. The highest BCUT2D eigenvalue weighted by Crippen LogP contribution is 2.33. The molecule has 4 nitrogen and oxygen atoms in total. The van der Waals surface area contributed by atoms with E-state index in [1.165, 1.54) is 21.9 Å². The number of aromatic nitrogens is 4. The van der Waals surface area contributed by atoms with Gasteiger partial charge >= 0.3 is 6.18 Å². The maximum atomic E-state index is 13.1. The molecule has 0 radical (unpaired) electrons. The summed E-state index contributed by atoms with van der Waals surface area (Å²) in [6, 6.07) is 15.9. The smallest absolute Gasteiger partial charge is 0.237 e. The van der Waals surface area contributed by atoms with Crippen molar-refractivity contribution in [2.24, 2.45) is 0 Å². The lowest BCUT2D eigenvalue weighted by Gasteiger charge is -2.09. The van der Waals surface area contributed by atoms with Crippen LogP contribution in [0.4, 0.5) is 13.2 Å². The molecule has 2 aromatic carbocycles. The van der Waals surface area contributed by atoms with Gasteiger partial charge in [0.15, 0.2) is 5.65 Å². The molecular weight excluding hydrogens is 445 g/mol. The number of nitrogens with zero attached hydrogens (tertiary/aromatic N) is 4. The van der Waals surface area contributed by atoms with Crippen LogP contribution in [0.15, 0.2) is 72.2 Å². The monoisotopic (exact) mass is 456 g/mol. The van der Waals surface area contributed by atoms with E-state index in [1.54, 1.807) is 36.5 Å². The van der Waals surface area contributed by atoms with Crippen LogP contribution in [0.1, 0.15) is 5.56 Å². The van der Waals surface area contributed by atoms with Gasteiger partial charge in [-0.1, -0.05) is 35.9 Å². The summed E-state index contributed by atoms with van der Waals surface area (Å²) in [5, 5.41) is 7.82. The molecule has 0 N–H and O–H groups in total. The van der Waals surface area contributed by atoms with Crippen molar-refractivity contribution in [3.8, 4) is 33.2 Å². The lowest BCUT2D eigenvalue weighted by atomic mass is 10.1. The molecule has 0 aliphatic carbocycles. The predicted molar refractivity (Wildman–Crippen MR) is 115 cm³/mol. The number of thiazole rings is 1. The van der Waals surface area contributed by atoms with Gasteiger partial charge in [0.2, 0.25) is 0 Å². The van der Waals surface area contributed by atoms with Crippen LogP contribution in [0.25, 0.3) is 38.9 Å². The van der Waals surface area contributed by atoms with Crippen LogP contribution in [0, 0.1) is 0 Å². The van der Waals surface area contributed by atoms with Crippen molar-refractivity contribution < 1.29 is 13.2 Å². The van der Waals surface area contributed by atoms with Crippen molar-refractivity contribution in [2.45, 2.75) is 6.18 Å². The summed E-state index contributed by atoms with van der Waals surface area (Å²) in [5.74, 6) is 0. The molecule has 0 aliphatic heterocycles. The third-order valence-electron chi connectivity index (χ3n) is 4.71. The van der Waals surface area contributed by atoms with Crippen LogP contribution in [0.2, 0.25) is 5.02 Å². The van der Waals surface area contributed by atoms with E-state index in [-0.39, 0.29) is 0 Å². The molecule has 0 saturated carbocycles. The normalized spacial score (nSPS) is 11.9. The molecular formula is C22H12ClF3N4S. The van der Waals surface area contributed by atoms with E-state index < -0.39 is 11.7 Å². The fraction of sp³-hybridized carbons (Fsp3) is 0.0455. The lowest BCUT2D eigenvalue weighted by molar-refractivity contribution is -0.137. The first-order valence-electron chi connectivity index (χ1n) is 9.13. The maximum absolute atomic E-state index is 13.1. The van der Waals surface area contributed by atoms with Crippen molar-refractivity contribution in [2.75, 3.05) is 0 Å². The summed E-state index contributed by atoms with van der Waals surface area (Å²) in [4.78, 5) is 8.95. The van der Waals surface area contributed by atoms with Crippen LogP contribution in [-0.2, 0) is 6.18 Å². The van der Waals surface area contributed by atoms with Crippen LogP contribution in [0.3, 0.4) is 0 Å². The van der Waals surface area contributed by atoms with E-state index in [1.807, 2.05) is 17.5 Å².